The zero-order valence-electron chi connectivity index (χ0n) is 11.2. The fraction of sp³-hybridized carbons (Fsp3) is 0.214. The maximum absolute atomic E-state index is 13.7. The summed E-state index contributed by atoms with van der Waals surface area (Å²) in [6.45, 7) is 1.72. The third-order valence-electron chi connectivity index (χ3n) is 2.82. The van der Waals surface area contributed by atoms with Crippen LogP contribution < -0.4 is 5.32 Å². The number of carbonyl (C=O) groups excluding carboxylic acids is 1. The Labute approximate surface area is 128 Å². The monoisotopic (exact) mass is 359 g/mol. The lowest BCUT2D eigenvalue weighted by atomic mass is 10.2. The average Bonchev–Trinajstić information content (AvgIpc) is 2.93. The van der Waals surface area contributed by atoms with E-state index in [1.165, 1.54) is 19.2 Å². The van der Waals surface area contributed by atoms with Crippen LogP contribution in [0.4, 0.5) is 14.5 Å². The first-order valence-corrected chi connectivity index (χ1v) is 6.80. The Morgan fingerprint density at radius 2 is 2.05 bits per heavy atom. The number of hydrogen-bond acceptors (Lipinski definition) is 4. The van der Waals surface area contributed by atoms with Crippen LogP contribution in [-0.4, -0.2) is 13.1 Å². The number of furan rings is 1. The summed E-state index contributed by atoms with van der Waals surface area (Å²) in [4.78, 5) is 11.3. The second kappa shape index (κ2) is 6.26. The van der Waals surface area contributed by atoms with E-state index in [1.807, 2.05) is 0 Å². The molecular formula is C14H12BrF2NO3. The fourth-order valence-electron chi connectivity index (χ4n) is 1.73. The van der Waals surface area contributed by atoms with Crippen molar-refractivity contribution in [3.05, 3.63) is 51.9 Å². The summed E-state index contributed by atoms with van der Waals surface area (Å²) in [6.07, 6.45) is 0. The van der Waals surface area contributed by atoms with Crippen molar-refractivity contribution in [3.8, 4) is 0 Å². The molecule has 1 N–H and O–H groups in total. The second-order valence-electron chi connectivity index (χ2n) is 4.31. The van der Waals surface area contributed by atoms with Crippen LogP contribution in [0, 0.1) is 11.6 Å². The first kappa shape index (κ1) is 15.5. The summed E-state index contributed by atoms with van der Waals surface area (Å²) in [7, 11) is 1.25. The van der Waals surface area contributed by atoms with Gasteiger partial charge in [-0.05, 0) is 41.1 Å². The predicted octanol–water partition coefficient (Wildman–Crippen LogP) is 4.28. The molecule has 7 heteroatoms. The molecule has 2 aromatic rings. The van der Waals surface area contributed by atoms with Crippen LogP contribution in [0.3, 0.4) is 0 Å². The quantitative estimate of drug-likeness (QED) is 0.653. The van der Waals surface area contributed by atoms with Crippen LogP contribution in [0.2, 0.25) is 0 Å². The van der Waals surface area contributed by atoms with Gasteiger partial charge in [-0.25, -0.2) is 13.6 Å². The highest BCUT2D eigenvalue weighted by atomic mass is 79.9. The van der Waals surface area contributed by atoms with Crippen molar-refractivity contribution >= 4 is 27.6 Å². The number of nitrogens with one attached hydrogen (secondary N) is 1. The number of carbonyl (C=O) groups is 1. The highest BCUT2D eigenvalue weighted by molar-refractivity contribution is 9.10. The van der Waals surface area contributed by atoms with E-state index in [-0.39, 0.29) is 15.9 Å². The van der Waals surface area contributed by atoms with E-state index >= 15 is 0 Å². The summed E-state index contributed by atoms with van der Waals surface area (Å²) in [5.41, 5.74) is 0.117. The van der Waals surface area contributed by atoms with Gasteiger partial charge in [0.1, 0.15) is 17.4 Å². The fourth-order valence-corrected chi connectivity index (χ4v) is 2.08. The van der Waals surface area contributed by atoms with Crippen LogP contribution in [0.1, 0.15) is 29.3 Å². The third kappa shape index (κ3) is 3.41. The van der Waals surface area contributed by atoms with Gasteiger partial charge >= 0.3 is 5.97 Å². The lowest BCUT2D eigenvalue weighted by Gasteiger charge is -2.14. The maximum Gasteiger partial charge on any atom is 0.373 e. The Kier molecular flexibility index (Phi) is 4.62. The first-order chi connectivity index (χ1) is 9.92. The summed E-state index contributed by atoms with van der Waals surface area (Å²) < 4.78 is 36.8. The van der Waals surface area contributed by atoms with Gasteiger partial charge in [0.15, 0.2) is 0 Å². The Hall–Kier alpha value is -1.89. The smallest absolute Gasteiger partial charge is 0.373 e. The van der Waals surface area contributed by atoms with Crippen molar-refractivity contribution in [3.63, 3.8) is 0 Å². The van der Waals surface area contributed by atoms with E-state index in [1.54, 1.807) is 13.0 Å². The summed E-state index contributed by atoms with van der Waals surface area (Å²) in [6, 6.07) is 4.71. The molecule has 0 saturated heterocycles. The van der Waals surface area contributed by atoms with Crippen molar-refractivity contribution in [2.75, 3.05) is 12.4 Å². The van der Waals surface area contributed by atoms with Crippen LogP contribution in [0.15, 0.2) is 33.2 Å². The zero-order chi connectivity index (χ0) is 15.6. The van der Waals surface area contributed by atoms with Gasteiger partial charge in [0.05, 0.1) is 23.3 Å². The molecule has 0 aliphatic carbocycles. The topological polar surface area (TPSA) is 51.5 Å². The van der Waals surface area contributed by atoms with Gasteiger partial charge in [0.2, 0.25) is 5.76 Å². The summed E-state index contributed by atoms with van der Waals surface area (Å²) in [5.74, 6) is -1.51. The van der Waals surface area contributed by atoms with Gasteiger partial charge in [0, 0.05) is 6.07 Å². The summed E-state index contributed by atoms with van der Waals surface area (Å²) in [5, 5.41) is 2.85. The molecule has 0 saturated carbocycles. The van der Waals surface area contributed by atoms with Crippen molar-refractivity contribution < 1.29 is 22.7 Å². The second-order valence-corrected chi connectivity index (χ2v) is 5.16. The average molecular weight is 360 g/mol. The van der Waals surface area contributed by atoms with Crippen molar-refractivity contribution in [1.29, 1.82) is 0 Å². The lowest BCUT2D eigenvalue weighted by molar-refractivity contribution is 0.0562. The molecule has 4 nitrogen and oxygen atoms in total. The predicted molar refractivity (Wildman–Crippen MR) is 76.1 cm³/mol. The highest BCUT2D eigenvalue weighted by Gasteiger charge is 2.17. The summed E-state index contributed by atoms with van der Waals surface area (Å²) >= 11 is 2.99. The molecule has 2 rings (SSSR count). The standard InChI is InChI=1S/C14H12BrF2NO3/c1-7(12-3-4-13(21-12)14(19)20-2)18-11-5-8(15)9(16)6-10(11)17/h3-7,18H,1-2H3. The SMILES string of the molecule is COC(=O)c1ccc(C(C)Nc2cc(Br)c(F)cc2F)o1. The van der Waals surface area contributed by atoms with E-state index in [4.69, 9.17) is 4.42 Å². The van der Waals surface area contributed by atoms with Crippen molar-refractivity contribution in [1.82, 2.24) is 0 Å². The van der Waals surface area contributed by atoms with Gasteiger partial charge in [-0.15, -0.1) is 0 Å². The van der Waals surface area contributed by atoms with E-state index in [2.05, 4.69) is 26.0 Å². The molecule has 0 amide bonds. The van der Waals surface area contributed by atoms with E-state index in [0.717, 1.165) is 6.07 Å². The van der Waals surface area contributed by atoms with Gasteiger partial charge in [-0.2, -0.15) is 0 Å². The molecule has 1 heterocycles. The molecule has 112 valence electrons. The first-order valence-electron chi connectivity index (χ1n) is 6.01. The minimum atomic E-state index is -0.720. The molecule has 0 radical (unpaired) electrons. The Morgan fingerprint density at radius 1 is 1.33 bits per heavy atom. The van der Waals surface area contributed by atoms with Crippen molar-refractivity contribution in [2.24, 2.45) is 0 Å². The Morgan fingerprint density at radius 3 is 2.71 bits per heavy atom. The molecule has 0 bridgehead atoms. The zero-order valence-corrected chi connectivity index (χ0v) is 12.8. The Balaban J connectivity index is 2.18. The van der Waals surface area contributed by atoms with Crippen LogP contribution in [-0.2, 0) is 4.74 Å². The van der Waals surface area contributed by atoms with Crippen LogP contribution in [0.25, 0.3) is 0 Å². The van der Waals surface area contributed by atoms with E-state index in [9.17, 15) is 13.6 Å². The number of esters is 1. The maximum atomic E-state index is 13.7. The lowest BCUT2D eigenvalue weighted by Crippen LogP contribution is -2.08. The van der Waals surface area contributed by atoms with E-state index < -0.39 is 23.6 Å². The highest BCUT2D eigenvalue weighted by Crippen LogP contribution is 2.27. The number of benzene rings is 1. The molecule has 0 spiro atoms. The normalized spacial score (nSPS) is 12.0. The molecule has 21 heavy (non-hydrogen) atoms. The number of methoxy groups -OCH3 is 1. The Bertz CT molecular complexity index is 672. The van der Waals surface area contributed by atoms with Gasteiger partial charge in [0.25, 0.3) is 0 Å². The molecule has 1 aromatic heterocycles. The molecule has 0 aliphatic heterocycles. The number of rotatable bonds is 4. The molecule has 0 aliphatic rings. The number of hydrogen-bond donors (Lipinski definition) is 1. The number of halogens is 3. The van der Waals surface area contributed by atoms with Gasteiger partial charge < -0.3 is 14.5 Å². The largest absolute Gasteiger partial charge is 0.463 e. The number of ether oxygens (including phenoxy) is 1. The van der Waals surface area contributed by atoms with Gasteiger partial charge in [-0.3, -0.25) is 0 Å². The molecular weight excluding hydrogens is 348 g/mol. The van der Waals surface area contributed by atoms with Crippen LogP contribution >= 0.6 is 15.9 Å². The number of anilines is 1. The minimum Gasteiger partial charge on any atom is -0.463 e. The molecule has 0 fully saturated rings. The molecule has 1 aromatic carbocycles. The van der Waals surface area contributed by atoms with Gasteiger partial charge in [-0.1, -0.05) is 0 Å². The van der Waals surface area contributed by atoms with Crippen molar-refractivity contribution in [2.45, 2.75) is 13.0 Å². The third-order valence-corrected chi connectivity index (χ3v) is 3.43. The minimum absolute atomic E-state index is 0.0573. The van der Waals surface area contributed by atoms with Crippen LogP contribution in [0.5, 0.6) is 0 Å². The van der Waals surface area contributed by atoms with E-state index in [0.29, 0.717) is 5.76 Å². The molecule has 1 atom stereocenters. The molecule has 1 unspecified atom stereocenters.